The zero-order valence-electron chi connectivity index (χ0n) is 16.2. The van der Waals surface area contributed by atoms with Gasteiger partial charge in [-0.05, 0) is 24.3 Å². The molecule has 0 bridgehead atoms. The van der Waals surface area contributed by atoms with Crippen molar-refractivity contribution in [3.8, 4) is 0 Å². The summed E-state index contributed by atoms with van der Waals surface area (Å²) in [5.74, 6) is 0.769. The van der Waals surface area contributed by atoms with E-state index in [2.05, 4.69) is 53.2 Å². The summed E-state index contributed by atoms with van der Waals surface area (Å²) in [7, 11) is 0. The van der Waals surface area contributed by atoms with Crippen molar-refractivity contribution >= 4 is 5.91 Å². The molecule has 1 atom stereocenters. The highest BCUT2D eigenvalue weighted by molar-refractivity contribution is 5.78. The molecule has 1 heterocycles. The standard InChI is InChI=1S/C21H33N3O2/c1-17(2)13-23-10-11-26-20(15-23)12-22-21(25)16-24(19-8-9-19)14-18-6-4-3-5-7-18/h3-7,17,19-20H,8-16H2,1-2H3,(H,22,25). The molecule has 1 N–H and O–H groups in total. The predicted molar refractivity (Wildman–Crippen MR) is 104 cm³/mol. The molecule has 2 fully saturated rings. The van der Waals surface area contributed by atoms with Gasteiger partial charge in [0, 0.05) is 38.8 Å². The molecule has 144 valence electrons. The van der Waals surface area contributed by atoms with Gasteiger partial charge in [0.15, 0.2) is 0 Å². The Labute approximate surface area is 157 Å². The van der Waals surface area contributed by atoms with Crippen LogP contribution in [0.3, 0.4) is 0 Å². The highest BCUT2D eigenvalue weighted by atomic mass is 16.5. The first-order chi connectivity index (χ1) is 12.6. The van der Waals surface area contributed by atoms with Crippen molar-refractivity contribution in [3.63, 3.8) is 0 Å². The first-order valence-corrected chi connectivity index (χ1v) is 9.99. The van der Waals surface area contributed by atoms with Gasteiger partial charge >= 0.3 is 0 Å². The number of nitrogens with one attached hydrogen (secondary N) is 1. The maximum atomic E-state index is 12.5. The van der Waals surface area contributed by atoms with Crippen LogP contribution in [0, 0.1) is 5.92 Å². The molecular weight excluding hydrogens is 326 g/mol. The van der Waals surface area contributed by atoms with Crippen molar-refractivity contribution in [3.05, 3.63) is 35.9 Å². The number of benzene rings is 1. The van der Waals surface area contributed by atoms with E-state index in [0.717, 1.165) is 32.8 Å². The van der Waals surface area contributed by atoms with Gasteiger partial charge in [-0.1, -0.05) is 44.2 Å². The van der Waals surface area contributed by atoms with Crippen LogP contribution >= 0.6 is 0 Å². The molecule has 1 aromatic carbocycles. The van der Waals surface area contributed by atoms with Gasteiger partial charge in [-0.2, -0.15) is 0 Å². The van der Waals surface area contributed by atoms with E-state index in [-0.39, 0.29) is 12.0 Å². The van der Waals surface area contributed by atoms with Gasteiger partial charge in [0.2, 0.25) is 5.91 Å². The third-order valence-electron chi connectivity index (χ3n) is 5.01. The first-order valence-electron chi connectivity index (χ1n) is 9.99. The monoisotopic (exact) mass is 359 g/mol. The van der Waals surface area contributed by atoms with Crippen LogP contribution in [0.15, 0.2) is 30.3 Å². The average Bonchev–Trinajstić information content (AvgIpc) is 3.45. The van der Waals surface area contributed by atoms with Crippen molar-refractivity contribution in [1.82, 2.24) is 15.1 Å². The van der Waals surface area contributed by atoms with E-state index in [1.165, 1.54) is 18.4 Å². The predicted octanol–water partition coefficient (Wildman–Crippen LogP) is 2.12. The van der Waals surface area contributed by atoms with E-state index < -0.39 is 0 Å². The third kappa shape index (κ3) is 6.38. The number of rotatable bonds is 9. The van der Waals surface area contributed by atoms with Gasteiger partial charge in [0.1, 0.15) is 0 Å². The van der Waals surface area contributed by atoms with E-state index in [1.54, 1.807) is 0 Å². The Morgan fingerprint density at radius 3 is 2.77 bits per heavy atom. The van der Waals surface area contributed by atoms with E-state index in [1.807, 2.05) is 6.07 Å². The normalized spacial score (nSPS) is 21.3. The minimum Gasteiger partial charge on any atom is -0.374 e. The number of ether oxygens (including phenoxy) is 1. The fraction of sp³-hybridized carbons (Fsp3) is 0.667. The van der Waals surface area contributed by atoms with Gasteiger partial charge in [-0.3, -0.25) is 14.6 Å². The summed E-state index contributed by atoms with van der Waals surface area (Å²) >= 11 is 0. The van der Waals surface area contributed by atoms with Crippen LogP contribution in [-0.4, -0.2) is 67.2 Å². The lowest BCUT2D eigenvalue weighted by Gasteiger charge is -2.34. The van der Waals surface area contributed by atoms with E-state index >= 15 is 0 Å². The number of morpholine rings is 1. The fourth-order valence-corrected chi connectivity index (χ4v) is 3.63. The molecule has 2 aliphatic rings. The van der Waals surface area contributed by atoms with Crippen LogP contribution in [0.1, 0.15) is 32.3 Å². The quantitative estimate of drug-likeness (QED) is 0.734. The Bertz CT molecular complexity index is 560. The molecule has 0 radical (unpaired) electrons. The highest BCUT2D eigenvalue weighted by Crippen LogP contribution is 2.27. The molecule has 26 heavy (non-hydrogen) atoms. The number of hydrogen-bond donors (Lipinski definition) is 1. The average molecular weight is 360 g/mol. The van der Waals surface area contributed by atoms with Crippen molar-refractivity contribution in [2.75, 3.05) is 39.3 Å². The maximum Gasteiger partial charge on any atom is 0.234 e. The van der Waals surface area contributed by atoms with Crippen LogP contribution in [0.2, 0.25) is 0 Å². The summed E-state index contributed by atoms with van der Waals surface area (Å²) in [4.78, 5) is 17.2. The smallest absolute Gasteiger partial charge is 0.234 e. The number of carbonyl (C=O) groups excluding carboxylic acids is 1. The molecule has 1 aliphatic carbocycles. The molecule has 1 aromatic rings. The van der Waals surface area contributed by atoms with Crippen LogP contribution in [0.5, 0.6) is 0 Å². The summed E-state index contributed by atoms with van der Waals surface area (Å²) < 4.78 is 5.83. The lowest BCUT2D eigenvalue weighted by Crippen LogP contribution is -2.49. The molecular formula is C21H33N3O2. The molecule has 1 saturated heterocycles. The van der Waals surface area contributed by atoms with E-state index in [9.17, 15) is 4.79 Å². The Morgan fingerprint density at radius 2 is 2.08 bits per heavy atom. The zero-order chi connectivity index (χ0) is 18.4. The largest absolute Gasteiger partial charge is 0.374 e. The van der Waals surface area contributed by atoms with Crippen molar-refractivity contribution in [2.45, 2.75) is 45.4 Å². The molecule has 1 aliphatic heterocycles. The topological polar surface area (TPSA) is 44.8 Å². The van der Waals surface area contributed by atoms with Crippen molar-refractivity contribution in [1.29, 1.82) is 0 Å². The number of nitrogens with zero attached hydrogens (tertiary/aromatic N) is 2. The molecule has 1 unspecified atom stereocenters. The highest BCUT2D eigenvalue weighted by Gasteiger charge is 2.30. The molecule has 0 spiro atoms. The van der Waals surface area contributed by atoms with Gasteiger partial charge < -0.3 is 10.1 Å². The third-order valence-corrected chi connectivity index (χ3v) is 5.01. The Balaban J connectivity index is 1.42. The fourth-order valence-electron chi connectivity index (χ4n) is 3.63. The molecule has 1 saturated carbocycles. The minimum absolute atomic E-state index is 0.106. The van der Waals surface area contributed by atoms with Crippen molar-refractivity contribution < 1.29 is 9.53 Å². The summed E-state index contributed by atoms with van der Waals surface area (Å²) in [6.07, 6.45) is 2.52. The first kappa shape index (κ1) is 19.3. The zero-order valence-corrected chi connectivity index (χ0v) is 16.2. The van der Waals surface area contributed by atoms with E-state index in [4.69, 9.17) is 4.74 Å². The number of amides is 1. The lowest BCUT2D eigenvalue weighted by molar-refractivity contribution is -0.123. The molecule has 5 nitrogen and oxygen atoms in total. The van der Waals surface area contributed by atoms with Crippen LogP contribution in [0.25, 0.3) is 0 Å². The van der Waals surface area contributed by atoms with Gasteiger partial charge in [-0.25, -0.2) is 0 Å². The van der Waals surface area contributed by atoms with Gasteiger partial charge in [0.05, 0.1) is 19.3 Å². The van der Waals surface area contributed by atoms with Gasteiger partial charge in [-0.15, -0.1) is 0 Å². The minimum atomic E-state index is 0.106. The summed E-state index contributed by atoms with van der Waals surface area (Å²) in [5, 5.41) is 3.09. The number of carbonyl (C=O) groups is 1. The molecule has 5 heteroatoms. The summed E-state index contributed by atoms with van der Waals surface area (Å²) in [6, 6.07) is 11.0. The Morgan fingerprint density at radius 1 is 1.31 bits per heavy atom. The maximum absolute atomic E-state index is 12.5. The molecule has 0 aromatic heterocycles. The van der Waals surface area contributed by atoms with Crippen LogP contribution in [0.4, 0.5) is 0 Å². The van der Waals surface area contributed by atoms with E-state index in [0.29, 0.717) is 25.0 Å². The number of hydrogen-bond acceptors (Lipinski definition) is 4. The second kappa shape index (κ2) is 9.49. The lowest BCUT2D eigenvalue weighted by atomic mass is 10.2. The Kier molecular flexibility index (Phi) is 7.06. The van der Waals surface area contributed by atoms with Crippen LogP contribution in [-0.2, 0) is 16.1 Å². The van der Waals surface area contributed by atoms with Crippen LogP contribution < -0.4 is 5.32 Å². The molecule has 3 rings (SSSR count). The Hall–Kier alpha value is -1.43. The second-order valence-electron chi connectivity index (χ2n) is 8.07. The van der Waals surface area contributed by atoms with Gasteiger partial charge in [0.25, 0.3) is 0 Å². The molecule has 1 amide bonds. The SMILES string of the molecule is CC(C)CN1CCOC(CNC(=O)CN(Cc2ccccc2)C2CC2)C1. The second-order valence-corrected chi connectivity index (χ2v) is 8.07. The van der Waals surface area contributed by atoms with Crippen molar-refractivity contribution in [2.24, 2.45) is 5.92 Å². The summed E-state index contributed by atoms with van der Waals surface area (Å²) in [5.41, 5.74) is 1.27. The summed E-state index contributed by atoms with van der Waals surface area (Å²) in [6.45, 7) is 10.2.